The Balaban J connectivity index is 2.42. The second-order valence-corrected chi connectivity index (χ2v) is 7.95. The Morgan fingerprint density at radius 2 is 1.92 bits per heavy atom. The Labute approximate surface area is 160 Å². The molecule has 1 aliphatic heterocycles. The number of aromatic nitrogens is 1. The van der Waals surface area contributed by atoms with Crippen LogP contribution in [0.3, 0.4) is 0 Å². The number of Topliss-reactive ketones (excluding diaryl/α,β-unsaturated/α-hetero) is 1. The highest BCUT2D eigenvalue weighted by atomic mass is 127. The molecular weight excluding hydrogens is 409 g/mol. The molecule has 1 atom stereocenters. The topological polar surface area (TPSA) is 25.2 Å². The molecule has 1 fully saturated rings. The quantitative estimate of drug-likeness (QED) is 0.415. The minimum Gasteiger partial charge on any atom is -0.306 e. The normalized spacial score (nSPS) is 19.1. The number of aryl methyl sites for hydroxylation is 1. The van der Waals surface area contributed by atoms with E-state index >= 15 is 0 Å². The van der Waals surface area contributed by atoms with Crippen molar-refractivity contribution in [3.05, 3.63) is 22.4 Å². The summed E-state index contributed by atoms with van der Waals surface area (Å²) >= 11 is 2.26. The van der Waals surface area contributed by atoms with E-state index in [2.05, 4.69) is 51.4 Å². The van der Waals surface area contributed by atoms with Crippen LogP contribution in [0.4, 0.5) is 0 Å². The number of carbonyl (C=O) groups is 1. The van der Waals surface area contributed by atoms with E-state index in [9.17, 15) is 4.79 Å². The van der Waals surface area contributed by atoms with Crippen LogP contribution < -0.4 is 10.9 Å². The molecule has 24 heavy (non-hydrogen) atoms. The summed E-state index contributed by atoms with van der Waals surface area (Å²) in [6.07, 6.45) is 2.26. The van der Waals surface area contributed by atoms with Crippen molar-refractivity contribution >= 4 is 66.2 Å². The lowest BCUT2D eigenvalue weighted by molar-refractivity contribution is 0.102. The van der Waals surface area contributed by atoms with Gasteiger partial charge >= 0.3 is 0 Å². The fourth-order valence-electron chi connectivity index (χ4n) is 4.05. The zero-order valence-electron chi connectivity index (χ0n) is 14.7. The van der Waals surface area contributed by atoms with Crippen LogP contribution in [0.2, 0.25) is 0 Å². The third-order valence-corrected chi connectivity index (χ3v) is 6.59. The molecule has 3 nitrogen and oxygen atoms in total. The van der Waals surface area contributed by atoms with Crippen molar-refractivity contribution in [3.63, 3.8) is 0 Å². The number of hydrogen-bond acceptors (Lipinski definition) is 2. The number of carbonyl (C=O) groups excluding carboxylic acids is 1. The molecule has 3 rings (SSSR count). The monoisotopic (exact) mass is 430 g/mol. The summed E-state index contributed by atoms with van der Waals surface area (Å²) in [7, 11) is 15.0. The predicted octanol–water partition coefficient (Wildman–Crippen LogP) is 2.06. The van der Waals surface area contributed by atoms with Gasteiger partial charge in [0, 0.05) is 23.2 Å². The Kier molecular flexibility index (Phi) is 4.91. The van der Waals surface area contributed by atoms with Gasteiger partial charge in [0.15, 0.2) is 5.78 Å². The molecule has 1 aromatic heterocycles. The van der Waals surface area contributed by atoms with Crippen molar-refractivity contribution < 1.29 is 4.79 Å². The van der Waals surface area contributed by atoms with Gasteiger partial charge in [-0.15, -0.1) is 0 Å². The van der Waals surface area contributed by atoms with Crippen molar-refractivity contribution in [3.8, 4) is 0 Å². The fourth-order valence-corrected chi connectivity index (χ4v) is 4.89. The SMILES string of the molecule is [B]c1c([B])c(C(C)=O)c2c(c(C)c(C)n2I)c1C1CCCN(C)C1. The molecular formula is C18H21B2IN2O. The lowest BCUT2D eigenvalue weighted by Crippen LogP contribution is -2.39. The highest BCUT2D eigenvalue weighted by Crippen LogP contribution is 2.37. The largest absolute Gasteiger partial charge is 0.306 e. The summed E-state index contributed by atoms with van der Waals surface area (Å²) in [5.74, 6) is 0.318. The number of piperidine rings is 1. The van der Waals surface area contributed by atoms with E-state index in [-0.39, 0.29) is 5.78 Å². The molecule has 0 amide bonds. The first-order valence-corrected chi connectivity index (χ1v) is 9.30. The van der Waals surface area contributed by atoms with Gasteiger partial charge in [0.05, 0.1) is 28.4 Å². The van der Waals surface area contributed by atoms with E-state index in [0.29, 0.717) is 22.4 Å². The molecule has 2 aromatic rings. The van der Waals surface area contributed by atoms with Crippen LogP contribution in [-0.2, 0) is 0 Å². The van der Waals surface area contributed by atoms with E-state index in [1.165, 1.54) is 5.56 Å². The molecule has 0 N–H and O–H groups in total. The molecule has 4 radical (unpaired) electrons. The van der Waals surface area contributed by atoms with Gasteiger partial charge in [-0.1, -0.05) is 10.9 Å². The van der Waals surface area contributed by atoms with Gasteiger partial charge in [-0.3, -0.25) is 7.58 Å². The first-order valence-electron chi connectivity index (χ1n) is 8.33. The zero-order valence-corrected chi connectivity index (χ0v) is 16.9. The number of ketones is 1. The first-order chi connectivity index (χ1) is 11.3. The number of fused-ring (bicyclic) bond motifs is 1. The van der Waals surface area contributed by atoms with Crippen molar-refractivity contribution in [2.75, 3.05) is 20.1 Å². The highest BCUT2D eigenvalue weighted by Gasteiger charge is 2.28. The smallest absolute Gasteiger partial charge is 0.161 e. The fraction of sp³-hybridized carbons (Fsp3) is 0.500. The maximum absolute atomic E-state index is 12.3. The standard InChI is InChI=1S/C18H21B2IN2O/c1-9-10(2)23(21)18-13(9)15(12-6-5-7-22(4)8-12)17(20)16(19)14(18)11(3)24/h12H,5-8H2,1-4H3. The predicted molar refractivity (Wildman–Crippen MR) is 111 cm³/mol. The van der Waals surface area contributed by atoms with Crippen molar-refractivity contribution in [1.82, 2.24) is 7.68 Å². The molecule has 122 valence electrons. The summed E-state index contributed by atoms with van der Waals surface area (Å²) in [6.45, 7) is 7.85. The molecule has 1 saturated heterocycles. The van der Waals surface area contributed by atoms with Gasteiger partial charge < -0.3 is 4.90 Å². The van der Waals surface area contributed by atoms with Crippen LogP contribution in [-0.4, -0.2) is 49.3 Å². The number of rotatable bonds is 2. The maximum Gasteiger partial charge on any atom is 0.161 e. The summed E-state index contributed by atoms with van der Waals surface area (Å²) < 4.78 is 2.06. The third-order valence-electron chi connectivity index (χ3n) is 5.39. The van der Waals surface area contributed by atoms with Gasteiger partial charge in [0.1, 0.15) is 15.7 Å². The van der Waals surface area contributed by atoms with Crippen LogP contribution >= 0.6 is 22.9 Å². The lowest BCUT2D eigenvalue weighted by Gasteiger charge is -2.32. The Morgan fingerprint density at radius 3 is 2.50 bits per heavy atom. The third kappa shape index (κ3) is 2.66. The van der Waals surface area contributed by atoms with Gasteiger partial charge in [-0.05, 0) is 64.3 Å². The number of benzene rings is 1. The molecule has 0 aliphatic carbocycles. The van der Waals surface area contributed by atoms with Crippen molar-refractivity contribution in [2.45, 2.75) is 39.5 Å². The second-order valence-electron chi connectivity index (χ2n) is 6.99. The molecule has 0 bridgehead atoms. The molecule has 0 spiro atoms. The number of likely N-dealkylation sites (tertiary alicyclic amines) is 1. The summed E-state index contributed by atoms with van der Waals surface area (Å²) in [6, 6.07) is 0. The molecule has 1 aromatic carbocycles. The summed E-state index contributed by atoms with van der Waals surface area (Å²) in [5, 5.41) is 1.12. The average molecular weight is 430 g/mol. The van der Waals surface area contributed by atoms with E-state index in [4.69, 9.17) is 15.7 Å². The minimum atomic E-state index is -0.0353. The van der Waals surface area contributed by atoms with Gasteiger partial charge in [0.2, 0.25) is 0 Å². The highest BCUT2D eigenvalue weighted by molar-refractivity contribution is 14.1. The van der Waals surface area contributed by atoms with Crippen LogP contribution in [0.1, 0.15) is 52.9 Å². The molecule has 6 heteroatoms. The van der Waals surface area contributed by atoms with Gasteiger partial charge in [-0.2, -0.15) is 0 Å². The molecule has 2 heterocycles. The lowest BCUT2D eigenvalue weighted by atomic mass is 9.69. The Morgan fingerprint density at radius 1 is 1.25 bits per heavy atom. The maximum atomic E-state index is 12.3. The number of nitrogens with zero attached hydrogens (tertiary/aromatic N) is 2. The van der Waals surface area contributed by atoms with E-state index in [1.807, 2.05) is 0 Å². The summed E-state index contributed by atoms with van der Waals surface area (Å²) in [5.41, 5.74) is 5.98. The van der Waals surface area contributed by atoms with E-state index in [1.54, 1.807) is 6.92 Å². The molecule has 1 aliphatic rings. The number of likely N-dealkylation sites (N-methyl/N-ethyl adjacent to an activating group) is 1. The van der Waals surface area contributed by atoms with Crippen molar-refractivity contribution in [1.29, 1.82) is 0 Å². The summed E-state index contributed by atoms with van der Waals surface area (Å²) in [4.78, 5) is 14.6. The molecule has 1 unspecified atom stereocenters. The molecule has 0 saturated carbocycles. The Hall–Kier alpha value is -0.750. The van der Waals surface area contributed by atoms with E-state index in [0.717, 1.165) is 48.1 Å². The van der Waals surface area contributed by atoms with Crippen molar-refractivity contribution in [2.24, 2.45) is 0 Å². The van der Waals surface area contributed by atoms with Crippen LogP contribution in [0.25, 0.3) is 10.9 Å². The average Bonchev–Trinajstić information content (AvgIpc) is 2.73. The minimum absolute atomic E-state index is 0.0353. The van der Waals surface area contributed by atoms with Gasteiger partial charge in [-0.25, -0.2) is 0 Å². The van der Waals surface area contributed by atoms with Crippen LogP contribution in [0.5, 0.6) is 0 Å². The zero-order chi connectivity index (χ0) is 17.8. The van der Waals surface area contributed by atoms with E-state index < -0.39 is 0 Å². The van der Waals surface area contributed by atoms with Crippen LogP contribution in [0.15, 0.2) is 0 Å². The first kappa shape index (κ1) is 18.1. The van der Waals surface area contributed by atoms with Crippen LogP contribution in [0, 0.1) is 13.8 Å². The number of hydrogen-bond donors (Lipinski definition) is 0. The Bertz CT molecular complexity index is 844. The van der Waals surface area contributed by atoms with Gasteiger partial charge in [0.25, 0.3) is 0 Å². The second kappa shape index (κ2) is 6.52. The number of halogens is 1.